The summed E-state index contributed by atoms with van der Waals surface area (Å²) in [5.74, 6) is 0.715. The smallest absolute Gasteiger partial charge is 0.341 e. The molecule has 2 aromatic heterocycles. The van der Waals surface area contributed by atoms with E-state index in [1.165, 1.54) is 28.0 Å². The average Bonchev–Trinajstić information content (AvgIpc) is 2.97. The second-order valence-corrected chi connectivity index (χ2v) is 9.52. The summed E-state index contributed by atoms with van der Waals surface area (Å²) in [5.41, 5.74) is 3.45. The van der Waals surface area contributed by atoms with Crippen molar-refractivity contribution in [1.82, 2.24) is 9.97 Å². The predicted molar refractivity (Wildman–Crippen MR) is 117 cm³/mol. The number of fused-ring (bicyclic) bond motifs is 1. The van der Waals surface area contributed by atoms with Gasteiger partial charge in [-0.05, 0) is 57.6 Å². The lowest BCUT2D eigenvalue weighted by Crippen LogP contribution is -2.17. The molecule has 1 aliphatic carbocycles. The molecule has 2 aromatic rings. The van der Waals surface area contributed by atoms with Gasteiger partial charge < -0.3 is 10.1 Å². The molecule has 156 valence electrons. The Bertz CT molecular complexity index is 891. The van der Waals surface area contributed by atoms with Gasteiger partial charge in [0.25, 0.3) is 0 Å². The number of anilines is 1. The van der Waals surface area contributed by atoms with Gasteiger partial charge in [0.2, 0.25) is 5.91 Å². The van der Waals surface area contributed by atoms with Gasteiger partial charge in [-0.2, -0.15) is 0 Å². The summed E-state index contributed by atoms with van der Waals surface area (Å²) >= 11 is 2.98. The molecule has 1 unspecified atom stereocenters. The second kappa shape index (κ2) is 9.71. The lowest BCUT2D eigenvalue weighted by molar-refractivity contribution is -0.115. The number of hydrogen-bond donors (Lipinski definition) is 1. The molecule has 29 heavy (non-hydrogen) atoms. The Kier molecular flexibility index (Phi) is 7.29. The highest BCUT2D eigenvalue weighted by molar-refractivity contribution is 7.99. The van der Waals surface area contributed by atoms with Crippen molar-refractivity contribution >= 4 is 40.0 Å². The molecule has 1 aliphatic rings. The van der Waals surface area contributed by atoms with Crippen LogP contribution in [0.5, 0.6) is 0 Å². The first-order valence-corrected chi connectivity index (χ1v) is 11.7. The molecule has 2 heterocycles. The highest BCUT2D eigenvalue weighted by atomic mass is 32.2. The van der Waals surface area contributed by atoms with Crippen LogP contribution in [-0.2, 0) is 22.4 Å². The monoisotopic (exact) mass is 433 g/mol. The van der Waals surface area contributed by atoms with Gasteiger partial charge in [0.15, 0.2) is 5.16 Å². The van der Waals surface area contributed by atoms with Crippen molar-refractivity contribution < 1.29 is 14.3 Å². The SMILES string of the molecule is CCOC(=O)c1c(NC(=O)CCSc2nc(C)cc(C)n2)sc2c1CCC(C)C2. The largest absolute Gasteiger partial charge is 0.462 e. The van der Waals surface area contributed by atoms with Crippen molar-refractivity contribution in [2.75, 3.05) is 17.7 Å². The molecular weight excluding hydrogens is 406 g/mol. The molecule has 8 heteroatoms. The van der Waals surface area contributed by atoms with Crippen molar-refractivity contribution in [3.05, 3.63) is 33.5 Å². The van der Waals surface area contributed by atoms with Gasteiger partial charge in [0.05, 0.1) is 12.2 Å². The van der Waals surface area contributed by atoms with Gasteiger partial charge in [0.1, 0.15) is 5.00 Å². The van der Waals surface area contributed by atoms with E-state index >= 15 is 0 Å². The Labute approximate surface area is 179 Å². The molecule has 1 atom stereocenters. The molecule has 0 saturated heterocycles. The van der Waals surface area contributed by atoms with Crippen molar-refractivity contribution in [1.29, 1.82) is 0 Å². The first-order chi connectivity index (χ1) is 13.9. The van der Waals surface area contributed by atoms with E-state index in [-0.39, 0.29) is 11.9 Å². The third-order valence-corrected chi connectivity index (χ3v) is 6.79. The number of carbonyl (C=O) groups is 2. The molecule has 3 rings (SSSR count). The van der Waals surface area contributed by atoms with Gasteiger partial charge in [-0.3, -0.25) is 4.79 Å². The highest BCUT2D eigenvalue weighted by Crippen LogP contribution is 2.40. The van der Waals surface area contributed by atoms with Crippen LogP contribution < -0.4 is 5.32 Å². The number of thiophene rings is 1. The zero-order valence-corrected chi connectivity index (χ0v) is 19.0. The van der Waals surface area contributed by atoms with E-state index in [9.17, 15) is 9.59 Å². The van der Waals surface area contributed by atoms with Crippen LogP contribution in [0, 0.1) is 19.8 Å². The number of aromatic nitrogens is 2. The summed E-state index contributed by atoms with van der Waals surface area (Å²) in [6.45, 7) is 8.20. The normalized spacial score (nSPS) is 15.7. The minimum absolute atomic E-state index is 0.112. The standard InChI is InChI=1S/C21H27N3O3S2/c1-5-27-20(26)18-15-7-6-12(2)10-16(15)29-19(18)24-17(25)8-9-28-21-22-13(3)11-14(4)23-21/h11-12H,5-10H2,1-4H3,(H,24,25). The maximum absolute atomic E-state index is 12.5. The Hall–Kier alpha value is -1.93. The zero-order valence-electron chi connectivity index (χ0n) is 17.3. The average molecular weight is 434 g/mol. The predicted octanol–water partition coefficient (Wildman–Crippen LogP) is 4.58. The number of hydrogen-bond acceptors (Lipinski definition) is 7. The van der Waals surface area contributed by atoms with Crippen LogP contribution >= 0.6 is 23.1 Å². The number of nitrogens with one attached hydrogen (secondary N) is 1. The summed E-state index contributed by atoms with van der Waals surface area (Å²) in [4.78, 5) is 35.0. The van der Waals surface area contributed by atoms with Crippen LogP contribution in [0.15, 0.2) is 11.2 Å². The van der Waals surface area contributed by atoms with Crippen LogP contribution in [0.1, 0.15) is 58.9 Å². The fourth-order valence-corrected chi connectivity index (χ4v) is 5.74. The van der Waals surface area contributed by atoms with E-state index in [1.54, 1.807) is 6.92 Å². The Morgan fingerprint density at radius 1 is 1.31 bits per heavy atom. The Morgan fingerprint density at radius 2 is 2.03 bits per heavy atom. The molecule has 6 nitrogen and oxygen atoms in total. The summed E-state index contributed by atoms with van der Waals surface area (Å²) in [5, 5.41) is 4.26. The molecule has 0 radical (unpaired) electrons. The maximum Gasteiger partial charge on any atom is 0.341 e. The van der Waals surface area contributed by atoms with Crippen LogP contribution in [0.4, 0.5) is 5.00 Å². The van der Waals surface area contributed by atoms with Gasteiger partial charge in [-0.25, -0.2) is 14.8 Å². The van der Waals surface area contributed by atoms with E-state index < -0.39 is 0 Å². The number of aryl methyl sites for hydroxylation is 2. The minimum Gasteiger partial charge on any atom is -0.462 e. The summed E-state index contributed by atoms with van der Waals surface area (Å²) in [6, 6.07) is 1.92. The highest BCUT2D eigenvalue weighted by Gasteiger charge is 2.29. The molecule has 0 spiro atoms. The molecule has 0 fully saturated rings. The molecule has 1 amide bonds. The third-order valence-electron chi connectivity index (χ3n) is 4.77. The van der Waals surface area contributed by atoms with Crippen molar-refractivity contribution in [2.45, 2.75) is 58.5 Å². The minimum atomic E-state index is -0.340. The molecule has 0 bridgehead atoms. The van der Waals surface area contributed by atoms with E-state index in [0.29, 0.717) is 40.4 Å². The van der Waals surface area contributed by atoms with E-state index in [1.807, 2.05) is 19.9 Å². The number of amides is 1. The first-order valence-electron chi connectivity index (χ1n) is 9.94. The molecule has 0 saturated carbocycles. The summed E-state index contributed by atoms with van der Waals surface area (Å²) in [7, 11) is 0. The number of nitrogens with zero attached hydrogens (tertiary/aromatic N) is 2. The van der Waals surface area contributed by atoms with Crippen LogP contribution in [0.25, 0.3) is 0 Å². The van der Waals surface area contributed by atoms with Crippen molar-refractivity contribution in [2.24, 2.45) is 5.92 Å². The zero-order chi connectivity index (χ0) is 21.0. The lowest BCUT2D eigenvalue weighted by atomic mass is 9.88. The fourth-order valence-electron chi connectivity index (χ4n) is 3.44. The molecule has 1 N–H and O–H groups in total. The topological polar surface area (TPSA) is 81.2 Å². The first kappa shape index (κ1) is 21.8. The summed E-state index contributed by atoms with van der Waals surface area (Å²) in [6.07, 6.45) is 3.18. The maximum atomic E-state index is 12.5. The van der Waals surface area contributed by atoms with Gasteiger partial charge in [-0.15, -0.1) is 11.3 Å². The fraction of sp³-hybridized carbons (Fsp3) is 0.524. The molecule has 0 aliphatic heterocycles. The Morgan fingerprint density at radius 3 is 2.72 bits per heavy atom. The summed E-state index contributed by atoms with van der Waals surface area (Å²) < 4.78 is 5.26. The second-order valence-electron chi connectivity index (χ2n) is 7.36. The molecule has 0 aromatic carbocycles. The number of esters is 1. The lowest BCUT2D eigenvalue weighted by Gasteiger charge is -2.18. The number of carbonyl (C=O) groups excluding carboxylic acids is 2. The number of rotatable bonds is 7. The van der Waals surface area contributed by atoms with Crippen molar-refractivity contribution in [3.8, 4) is 0 Å². The number of ether oxygens (including phenoxy) is 1. The Balaban J connectivity index is 1.67. The number of thioether (sulfide) groups is 1. The van der Waals surface area contributed by atoms with Crippen molar-refractivity contribution in [3.63, 3.8) is 0 Å². The van der Waals surface area contributed by atoms with E-state index in [0.717, 1.165) is 36.2 Å². The third kappa shape index (κ3) is 5.57. The van der Waals surface area contributed by atoms with E-state index in [2.05, 4.69) is 22.2 Å². The van der Waals surface area contributed by atoms with Crippen LogP contribution in [0.3, 0.4) is 0 Å². The van der Waals surface area contributed by atoms with E-state index in [4.69, 9.17) is 4.74 Å². The van der Waals surface area contributed by atoms with Gasteiger partial charge >= 0.3 is 5.97 Å². The quantitative estimate of drug-likeness (QED) is 0.391. The van der Waals surface area contributed by atoms with Crippen LogP contribution in [-0.4, -0.2) is 34.2 Å². The van der Waals surface area contributed by atoms with Crippen LogP contribution in [0.2, 0.25) is 0 Å². The van der Waals surface area contributed by atoms with Gasteiger partial charge in [0, 0.05) is 28.4 Å². The van der Waals surface area contributed by atoms with Gasteiger partial charge in [-0.1, -0.05) is 18.7 Å². The molecular formula is C21H27N3O3S2.